The summed E-state index contributed by atoms with van der Waals surface area (Å²) in [5.41, 5.74) is 0.152. The summed E-state index contributed by atoms with van der Waals surface area (Å²) in [4.78, 5) is 0. The van der Waals surface area contributed by atoms with Crippen molar-refractivity contribution in [1.29, 1.82) is 0 Å². The minimum atomic E-state index is -2.43. The highest BCUT2D eigenvalue weighted by Gasteiger charge is 2.39. The summed E-state index contributed by atoms with van der Waals surface area (Å²) in [7, 11) is -2.43. The highest BCUT2D eigenvalue weighted by molar-refractivity contribution is 7.97. The van der Waals surface area contributed by atoms with E-state index in [9.17, 15) is 0 Å². The second-order valence-electron chi connectivity index (χ2n) is 5.29. The number of nitrogens with one attached hydrogen (secondary N) is 1. The van der Waals surface area contributed by atoms with Gasteiger partial charge < -0.3 is 13.3 Å². The van der Waals surface area contributed by atoms with E-state index >= 15 is 0 Å². The second-order valence-corrected chi connectivity index (χ2v) is 8.92. The van der Waals surface area contributed by atoms with Crippen molar-refractivity contribution in [1.82, 2.24) is 4.72 Å². The van der Waals surface area contributed by atoms with Crippen LogP contribution in [-0.2, 0) is 13.3 Å². The van der Waals surface area contributed by atoms with Gasteiger partial charge in [-0.05, 0) is 48.0 Å². The van der Waals surface area contributed by atoms with Crippen molar-refractivity contribution in [2.75, 3.05) is 25.6 Å². The number of hydrogen-bond acceptors (Lipinski definition) is 5. The van der Waals surface area contributed by atoms with Gasteiger partial charge in [-0.15, -0.1) is 0 Å². The van der Waals surface area contributed by atoms with Crippen molar-refractivity contribution < 1.29 is 13.3 Å². The van der Waals surface area contributed by atoms with Gasteiger partial charge in [-0.25, -0.2) is 0 Å². The van der Waals surface area contributed by atoms with E-state index in [1.807, 2.05) is 20.8 Å². The van der Waals surface area contributed by atoms with E-state index in [4.69, 9.17) is 13.3 Å². The van der Waals surface area contributed by atoms with Gasteiger partial charge in [0, 0.05) is 37.2 Å². The first kappa shape index (κ1) is 19.4. The summed E-state index contributed by atoms with van der Waals surface area (Å²) in [6, 6.07) is 0.890. The van der Waals surface area contributed by atoms with Crippen LogP contribution in [0.2, 0.25) is 6.04 Å². The maximum Gasteiger partial charge on any atom is 0.500 e. The third-order valence-corrected chi connectivity index (χ3v) is 6.60. The molecule has 0 aliphatic carbocycles. The standard InChI is InChI=1S/C13H31NO3SSi/c1-7-15-19(16-8-2,17-9-3)12-10-11-18-14-13(4,5)6/h14H,7-12H2,1-6H3. The molecule has 0 atom stereocenters. The van der Waals surface area contributed by atoms with Gasteiger partial charge >= 0.3 is 8.80 Å². The molecule has 0 aliphatic heterocycles. The predicted molar refractivity (Wildman–Crippen MR) is 85.4 cm³/mol. The van der Waals surface area contributed by atoms with E-state index in [1.54, 1.807) is 11.9 Å². The van der Waals surface area contributed by atoms with Crippen LogP contribution in [0.3, 0.4) is 0 Å². The van der Waals surface area contributed by atoms with E-state index in [2.05, 4.69) is 25.5 Å². The summed E-state index contributed by atoms with van der Waals surface area (Å²) < 4.78 is 20.9. The van der Waals surface area contributed by atoms with Gasteiger partial charge in [0.2, 0.25) is 0 Å². The van der Waals surface area contributed by atoms with Gasteiger partial charge in [0.25, 0.3) is 0 Å². The molecule has 116 valence electrons. The molecule has 0 aromatic rings. The molecule has 4 nitrogen and oxygen atoms in total. The summed E-state index contributed by atoms with van der Waals surface area (Å²) in [5.74, 6) is 1.04. The molecule has 0 amide bonds. The Kier molecular flexibility index (Phi) is 10.4. The van der Waals surface area contributed by atoms with Gasteiger partial charge in [-0.2, -0.15) is 0 Å². The zero-order valence-electron chi connectivity index (χ0n) is 13.4. The topological polar surface area (TPSA) is 39.7 Å². The Bertz CT molecular complexity index is 207. The normalized spacial score (nSPS) is 12.9. The Morgan fingerprint density at radius 2 is 1.42 bits per heavy atom. The van der Waals surface area contributed by atoms with E-state index < -0.39 is 8.80 Å². The average Bonchev–Trinajstić information content (AvgIpc) is 2.28. The Morgan fingerprint density at radius 1 is 0.947 bits per heavy atom. The molecule has 0 saturated heterocycles. The summed E-state index contributed by atoms with van der Waals surface area (Å²) >= 11 is 1.76. The zero-order chi connectivity index (χ0) is 14.8. The van der Waals surface area contributed by atoms with Crippen LogP contribution in [-0.4, -0.2) is 39.9 Å². The molecule has 6 heteroatoms. The molecule has 19 heavy (non-hydrogen) atoms. The molecule has 0 saturated carbocycles. The van der Waals surface area contributed by atoms with Crippen molar-refractivity contribution >= 4 is 20.8 Å². The van der Waals surface area contributed by atoms with Crippen LogP contribution in [0.25, 0.3) is 0 Å². The number of rotatable bonds is 11. The van der Waals surface area contributed by atoms with Gasteiger partial charge in [0.1, 0.15) is 0 Å². The molecule has 0 fully saturated rings. The first-order valence-corrected chi connectivity index (χ1v) is 10.1. The van der Waals surface area contributed by atoms with Crippen molar-refractivity contribution in [3.8, 4) is 0 Å². The molecule has 0 heterocycles. The van der Waals surface area contributed by atoms with E-state index in [-0.39, 0.29) is 5.54 Å². The first-order valence-electron chi connectivity index (χ1n) is 7.20. The monoisotopic (exact) mass is 309 g/mol. The van der Waals surface area contributed by atoms with Crippen LogP contribution in [0, 0.1) is 0 Å². The summed E-state index contributed by atoms with van der Waals surface area (Å²) in [6.07, 6.45) is 1.04. The first-order chi connectivity index (χ1) is 8.89. The maximum atomic E-state index is 5.82. The van der Waals surface area contributed by atoms with Crippen LogP contribution in [0.5, 0.6) is 0 Å². The predicted octanol–water partition coefficient (Wildman–Crippen LogP) is 3.46. The van der Waals surface area contributed by atoms with Crippen molar-refractivity contribution in [3.63, 3.8) is 0 Å². The lowest BCUT2D eigenvalue weighted by Crippen LogP contribution is -2.46. The fourth-order valence-corrected chi connectivity index (χ4v) is 5.32. The quantitative estimate of drug-likeness (QED) is 0.359. The Morgan fingerprint density at radius 3 is 1.79 bits per heavy atom. The summed E-state index contributed by atoms with van der Waals surface area (Å²) in [5, 5.41) is 0. The molecular formula is C13H31NO3SSi. The fraction of sp³-hybridized carbons (Fsp3) is 1.00. The van der Waals surface area contributed by atoms with E-state index in [1.165, 1.54) is 0 Å². The van der Waals surface area contributed by atoms with Gasteiger partial charge in [-0.3, -0.25) is 4.72 Å². The lowest BCUT2D eigenvalue weighted by atomic mass is 10.1. The van der Waals surface area contributed by atoms with Crippen LogP contribution in [0.1, 0.15) is 48.0 Å². The van der Waals surface area contributed by atoms with E-state index in [0.717, 1.165) is 18.2 Å². The largest absolute Gasteiger partial charge is 0.500 e. The maximum absolute atomic E-state index is 5.82. The molecular weight excluding hydrogens is 278 g/mol. The van der Waals surface area contributed by atoms with Crippen LogP contribution >= 0.6 is 11.9 Å². The minimum Gasteiger partial charge on any atom is -0.374 e. The fourth-order valence-electron chi connectivity index (χ4n) is 1.63. The Labute approximate surface area is 124 Å². The van der Waals surface area contributed by atoms with Crippen LogP contribution < -0.4 is 4.72 Å². The zero-order valence-corrected chi connectivity index (χ0v) is 15.2. The molecule has 0 aromatic heterocycles. The van der Waals surface area contributed by atoms with Crippen molar-refractivity contribution in [2.45, 2.75) is 59.5 Å². The molecule has 0 radical (unpaired) electrons. The highest BCUT2D eigenvalue weighted by atomic mass is 32.2. The highest BCUT2D eigenvalue weighted by Crippen LogP contribution is 2.20. The smallest absolute Gasteiger partial charge is 0.374 e. The van der Waals surface area contributed by atoms with Crippen molar-refractivity contribution in [2.24, 2.45) is 0 Å². The molecule has 0 rings (SSSR count). The molecule has 0 unspecified atom stereocenters. The average molecular weight is 310 g/mol. The lowest BCUT2D eigenvalue weighted by molar-refractivity contribution is 0.0712. The van der Waals surface area contributed by atoms with Gasteiger partial charge in [-0.1, -0.05) is 11.9 Å². The van der Waals surface area contributed by atoms with Gasteiger partial charge in [0.15, 0.2) is 0 Å². The lowest BCUT2D eigenvalue weighted by Gasteiger charge is -2.28. The molecule has 0 aromatic carbocycles. The van der Waals surface area contributed by atoms with Crippen LogP contribution in [0.15, 0.2) is 0 Å². The number of hydrogen-bond donors (Lipinski definition) is 1. The SMILES string of the molecule is CCO[Si](CCCSNC(C)(C)C)(OCC)OCC. The second kappa shape index (κ2) is 10.2. The molecule has 0 aliphatic rings. The molecule has 0 bridgehead atoms. The Hall–Kier alpha value is 0.407. The third kappa shape index (κ3) is 9.87. The Balaban J connectivity index is 4.10. The van der Waals surface area contributed by atoms with Gasteiger partial charge in [0.05, 0.1) is 0 Å². The molecule has 0 spiro atoms. The van der Waals surface area contributed by atoms with E-state index in [0.29, 0.717) is 19.8 Å². The summed E-state index contributed by atoms with van der Waals surface area (Å²) in [6.45, 7) is 14.4. The third-order valence-electron chi connectivity index (χ3n) is 2.20. The molecule has 1 N–H and O–H groups in total. The van der Waals surface area contributed by atoms with Crippen molar-refractivity contribution in [3.05, 3.63) is 0 Å². The minimum absolute atomic E-state index is 0.152. The van der Waals surface area contributed by atoms with Crippen LogP contribution in [0.4, 0.5) is 0 Å².